The Morgan fingerprint density at radius 1 is 1.15 bits per heavy atom. The number of hydrogen-bond donors (Lipinski definition) is 1. The largest absolute Gasteiger partial charge is 0.490 e. The van der Waals surface area contributed by atoms with Gasteiger partial charge in [0.15, 0.2) is 0 Å². The van der Waals surface area contributed by atoms with Gasteiger partial charge in [-0.3, -0.25) is 4.79 Å². The number of benzene rings is 1. The summed E-state index contributed by atoms with van der Waals surface area (Å²) in [7, 11) is 0. The molecule has 0 aliphatic heterocycles. The minimum absolute atomic E-state index is 0.0890. The minimum atomic E-state index is -0.915. The van der Waals surface area contributed by atoms with Gasteiger partial charge >= 0.3 is 5.97 Å². The molecule has 0 saturated carbocycles. The van der Waals surface area contributed by atoms with E-state index in [9.17, 15) is 9.59 Å². The van der Waals surface area contributed by atoms with Crippen molar-refractivity contribution in [1.29, 1.82) is 0 Å². The van der Waals surface area contributed by atoms with Crippen LogP contribution in [0.4, 0.5) is 5.69 Å². The second kappa shape index (κ2) is 10.9. The molecule has 1 aromatic rings. The van der Waals surface area contributed by atoms with E-state index in [1.807, 2.05) is 20.8 Å². The molecule has 0 fully saturated rings. The van der Waals surface area contributed by atoms with Crippen LogP contribution in [0.3, 0.4) is 0 Å². The molecule has 0 saturated heterocycles. The van der Waals surface area contributed by atoms with E-state index >= 15 is 0 Å². The highest BCUT2D eigenvalue weighted by molar-refractivity contribution is 5.99. The molecule has 0 radical (unpaired) electrons. The minimum Gasteiger partial charge on any atom is -0.490 e. The maximum atomic E-state index is 12.8. The van der Waals surface area contributed by atoms with Crippen LogP contribution in [-0.2, 0) is 14.3 Å². The summed E-state index contributed by atoms with van der Waals surface area (Å²) in [6.45, 7) is 12.0. The van der Waals surface area contributed by atoms with Crippen LogP contribution in [0, 0.1) is 0 Å². The van der Waals surface area contributed by atoms with E-state index in [1.54, 1.807) is 32.0 Å². The van der Waals surface area contributed by atoms with Gasteiger partial charge in [-0.1, -0.05) is 19.8 Å². The fourth-order valence-corrected chi connectivity index (χ4v) is 2.68. The molecule has 0 spiro atoms. The molecular weight excluding hydrogens is 346 g/mol. The van der Waals surface area contributed by atoms with Crippen molar-refractivity contribution in [2.45, 2.75) is 72.5 Å². The standard InChI is InChI=1S/C21H33NO5/c1-7-10-13-21(6,26-9-3)20(24)22-16-11-12-18(27-15(4)5)17(14-16)19(23)25-8-2/h11-12,14-15H,7-10,13H2,1-6H3,(H,22,24). The molecular formula is C21H33NO5. The topological polar surface area (TPSA) is 73.9 Å². The monoisotopic (exact) mass is 379 g/mol. The fourth-order valence-electron chi connectivity index (χ4n) is 2.68. The SMILES string of the molecule is CCCCC(C)(OCC)C(=O)Nc1ccc(OC(C)C)c(C(=O)OCC)c1. The predicted octanol–water partition coefficient (Wildman–Crippen LogP) is 4.57. The molecule has 0 aliphatic carbocycles. The van der Waals surface area contributed by atoms with E-state index in [2.05, 4.69) is 12.2 Å². The number of esters is 1. The van der Waals surface area contributed by atoms with Crippen molar-refractivity contribution in [2.24, 2.45) is 0 Å². The summed E-state index contributed by atoms with van der Waals surface area (Å²) >= 11 is 0. The Labute approximate surface area is 162 Å². The van der Waals surface area contributed by atoms with E-state index in [-0.39, 0.29) is 24.2 Å². The highest BCUT2D eigenvalue weighted by Gasteiger charge is 2.33. The molecule has 1 N–H and O–H groups in total. The van der Waals surface area contributed by atoms with E-state index in [0.29, 0.717) is 24.5 Å². The zero-order valence-corrected chi connectivity index (χ0v) is 17.4. The normalized spacial score (nSPS) is 13.1. The first kappa shape index (κ1) is 23.0. The Balaban J connectivity index is 3.09. The van der Waals surface area contributed by atoms with Crippen LogP contribution >= 0.6 is 0 Å². The van der Waals surface area contributed by atoms with E-state index in [4.69, 9.17) is 14.2 Å². The fraction of sp³-hybridized carbons (Fsp3) is 0.619. The molecule has 0 bridgehead atoms. The van der Waals surface area contributed by atoms with Crippen LogP contribution < -0.4 is 10.1 Å². The van der Waals surface area contributed by atoms with Crippen LogP contribution in [0.1, 0.15) is 71.2 Å². The third-order valence-electron chi connectivity index (χ3n) is 4.05. The molecule has 0 heterocycles. The summed E-state index contributed by atoms with van der Waals surface area (Å²) in [6, 6.07) is 4.97. The van der Waals surface area contributed by atoms with Gasteiger partial charge < -0.3 is 19.5 Å². The number of amides is 1. The molecule has 0 aromatic heterocycles. The summed E-state index contributed by atoms with van der Waals surface area (Å²) in [5, 5.41) is 2.87. The Morgan fingerprint density at radius 3 is 2.41 bits per heavy atom. The number of rotatable bonds is 11. The molecule has 152 valence electrons. The highest BCUT2D eigenvalue weighted by atomic mass is 16.5. The molecule has 1 amide bonds. The number of ether oxygens (including phenoxy) is 3. The van der Waals surface area contributed by atoms with Crippen molar-refractivity contribution < 1.29 is 23.8 Å². The predicted molar refractivity (Wildman–Crippen MR) is 106 cm³/mol. The molecule has 27 heavy (non-hydrogen) atoms. The van der Waals surface area contributed by atoms with Crippen molar-refractivity contribution in [1.82, 2.24) is 0 Å². The molecule has 1 aromatic carbocycles. The molecule has 1 atom stereocenters. The zero-order valence-electron chi connectivity index (χ0n) is 17.4. The second-order valence-electron chi connectivity index (χ2n) is 6.82. The van der Waals surface area contributed by atoms with Gasteiger partial charge in [0.25, 0.3) is 5.91 Å². The summed E-state index contributed by atoms with van der Waals surface area (Å²) in [5.74, 6) is -0.284. The first-order valence-electron chi connectivity index (χ1n) is 9.70. The van der Waals surface area contributed by atoms with Gasteiger partial charge in [-0.25, -0.2) is 4.79 Å². The van der Waals surface area contributed by atoms with Crippen molar-refractivity contribution in [3.8, 4) is 5.75 Å². The molecule has 1 unspecified atom stereocenters. The van der Waals surface area contributed by atoms with Crippen LogP contribution in [0.25, 0.3) is 0 Å². The summed E-state index contributed by atoms with van der Waals surface area (Å²) in [6.07, 6.45) is 2.40. The third kappa shape index (κ3) is 6.86. The zero-order chi connectivity index (χ0) is 20.4. The van der Waals surface area contributed by atoms with Gasteiger partial charge in [-0.05, 0) is 59.2 Å². The molecule has 0 aliphatic rings. The van der Waals surface area contributed by atoms with Crippen LogP contribution in [-0.4, -0.2) is 36.8 Å². The lowest BCUT2D eigenvalue weighted by Gasteiger charge is -2.28. The highest BCUT2D eigenvalue weighted by Crippen LogP contribution is 2.27. The lowest BCUT2D eigenvalue weighted by molar-refractivity contribution is -0.139. The Bertz CT molecular complexity index is 629. The van der Waals surface area contributed by atoms with Gasteiger partial charge in [-0.15, -0.1) is 0 Å². The van der Waals surface area contributed by atoms with Gasteiger partial charge in [-0.2, -0.15) is 0 Å². The average Bonchev–Trinajstić information content (AvgIpc) is 2.61. The second-order valence-corrected chi connectivity index (χ2v) is 6.82. The lowest BCUT2D eigenvalue weighted by atomic mass is 9.97. The molecule has 6 heteroatoms. The van der Waals surface area contributed by atoms with Gasteiger partial charge in [0.2, 0.25) is 0 Å². The smallest absolute Gasteiger partial charge is 0.341 e. The van der Waals surface area contributed by atoms with E-state index in [0.717, 1.165) is 12.8 Å². The maximum Gasteiger partial charge on any atom is 0.341 e. The third-order valence-corrected chi connectivity index (χ3v) is 4.05. The molecule has 6 nitrogen and oxygen atoms in total. The van der Waals surface area contributed by atoms with Crippen LogP contribution in [0.2, 0.25) is 0 Å². The number of unbranched alkanes of at least 4 members (excludes halogenated alkanes) is 1. The number of nitrogens with one attached hydrogen (secondary N) is 1. The number of carbonyl (C=O) groups excluding carboxylic acids is 2. The Hall–Kier alpha value is -2.08. The number of hydrogen-bond acceptors (Lipinski definition) is 5. The van der Waals surface area contributed by atoms with E-state index < -0.39 is 11.6 Å². The van der Waals surface area contributed by atoms with Crippen LogP contribution in [0.5, 0.6) is 5.75 Å². The maximum absolute atomic E-state index is 12.8. The first-order valence-corrected chi connectivity index (χ1v) is 9.70. The van der Waals surface area contributed by atoms with Crippen molar-refractivity contribution in [2.75, 3.05) is 18.5 Å². The average molecular weight is 379 g/mol. The Morgan fingerprint density at radius 2 is 1.85 bits per heavy atom. The van der Waals surface area contributed by atoms with Crippen molar-refractivity contribution >= 4 is 17.6 Å². The first-order chi connectivity index (χ1) is 12.8. The number of carbonyl (C=O) groups is 2. The van der Waals surface area contributed by atoms with E-state index in [1.165, 1.54) is 0 Å². The molecule has 1 rings (SSSR count). The lowest BCUT2D eigenvalue weighted by Crippen LogP contribution is -2.42. The van der Waals surface area contributed by atoms with Crippen LogP contribution in [0.15, 0.2) is 18.2 Å². The van der Waals surface area contributed by atoms with Crippen molar-refractivity contribution in [3.63, 3.8) is 0 Å². The number of anilines is 1. The summed E-state index contributed by atoms with van der Waals surface area (Å²) < 4.78 is 16.5. The van der Waals surface area contributed by atoms with Gasteiger partial charge in [0.1, 0.15) is 16.9 Å². The van der Waals surface area contributed by atoms with Gasteiger partial charge in [0.05, 0.1) is 12.7 Å². The Kier molecular flexibility index (Phi) is 9.29. The summed E-state index contributed by atoms with van der Waals surface area (Å²) in [4.78, 5) is 25.1. The summed E-state index contributed by atoms with van der Waals surface area (Å²) in [5.41, 5.74) is -0.126. The van der Waals surface area contributed by atoms with Gasteiger partial charge in [0, 0.05) is 12.3 Å². The quantitative estimate of drug-likeness (QED) is 0.570. The van der Waals surface area contributed by atoms with Crippen molar-refractivity contribution in [3.05, 3.63) is 23.8 Å².